The highest BCUT2D eigenvalue weighted by molar-refractivity contribution is 5.56. The van der Waals surface area contributed by atoms with E-state index in [4.69, 9.17) is 0 Å². The van der Waals surface area contributed by atoms with Crippen LogP contribution in [0.4, 0.5) is 11.5 Å². The molecular weight excluding hydrogens is 230 g/mol. The number of hydrogen-bond donors (Lipinski definition) is 1. The molecule has 0 saturated carbocycles. The number of anilines is 1. The minimum atomic E-state index is -0.437. The largest absolute Gasteiger partial charge is 0.358 e. The van der Waals surface area contributed by atoms with Gasteiger partial charge in [0.1, 0.15) is 0 Å². The molecule has 0 aliphatic heterocycles. The quantitative estimate of drug-likeness (QED) is 0.661. The van der Waals surface area contributed by atoms with Crippen molar-refractivity contribution in [2.75, 3.05) is 5.32 Å². The summed E-state index contributed by atoms with van der Waals surface area (Å²) < 4.78 is 0. The van der Waals surface area contributed by atoms with Crippen molar-refractivity contribution in [2.45, 2.75) is 13.0 Å². The van der Waals surface area contributed by atoms with E-state index in [9.17, 15) is 10.1 Å². The summed E-state index contributed by atoms with van der Waals surface area (Å²) in [5.74, 6) is 0.291. The lowest BCUT2D eigenvalue weighted by molar-refractivity contribution is -0.384. The van der Waals surface area contributed by atoms with Crippen molar-refractivity contribution < 1.29 is 4.92 Å². The van der Waals surface area contributed by atoms with Crippen LogP contribution in [0.25, 0.3) is 0 Å². The summed E-state index contributed by atoms with van der Waals surface area (Å²) in [5.41, 5.74) is 1.04. The Labute approximate surface area is 105 Å². The number of rotatable bonds is 4. The first-order valence-electron chi connectivity index (χ1n) is 5.59. The molecular formula is C13H13N3O2. The summed E-state index contributed by atoms with van der Waals surface area (Å²) in [6.45, 7) is 1.94. The molecule has 0 saturated heterocycles. The number of pyridine rings is 1. The molecule has 1 atom stereocenters. The Hall–Kier alpha value is -2.43. The Morgan fingerprint density at radius 1 is 1.22 bits per heavy atom. The smallest absolute Gasteiger partial charge is 0.311 e. The summed E-state index contributed by atoms with van der Waals surface area (Å²) in [6, 6.07) is 12.7. The SMILES string of the molecule is CC(Nc1ncccc1[N+](=O)[O-])c1ccccc1. The molecule has 1 heterocycles. The average Bonchev–Trinajstić information content (AvgIpc) is 2.40. The molecule has 1 N–H and O–H groups in total. The van der Waals surface area contributed by atoms with Crippen molar-refractivity contribution in [1.82, 2.24) is 4.98 Å². The highest BCUT2D eigenvalue weighted by Crippen LogP contribution is 2.25. The van der Waals surface area contributed by atoms with Crippen LogP contribution in [0.1, 0.15) is 18.5 Å². The average molecular weight is 243 g/mol. The van der Waals surface area contributed by atoms with Crippen LogP contribution >= 0.6 is 0 Å². The Bertz CT molecular complexity index is 543. The third-order valence-corrected chi connectivity index (χ3v) is 2.64. The van der Waals surface area contributed by atoms with Crippen molar-refractivity contribution in [3.63, 3.8) is 0 Å². The molecule has 1 aromatic heterocycles. The van der Waals surface area contributed by atoms with Gasteiger partial charge in [-0.25, -0.2) is 4.98 Å². The van der Waals surface area contributed by atoms with Crippen LogP contribution in [-0.4, -0.2) is 9.91 Å². The molecule has 5 heteroatoms. The molecule has 0 amide bonds. The Balaban J connectivity index is 2.22. The normalized spacial score (nSPS) is 11.8. The summed E-state index contributed by atoms with van der Waals surface area (Å²) in [5, 5.41) is 13.9. The Kier molecular flexibility index (Phi) is 3.52. The van der Waals surface area contributed by atoms with Gasteiger partial charge in [0, 0.05) is 12.3 Å². The van der Waals surface area contributed by atoms with E-state index in [1.54, 1.807) is 6.07 Å². The number of nitrogens with one attached hydrogen (secondary N) is 1. The second kappa shape index (κ2) is 5.27. The number of hydrogen-bond acceptors (Lipinski definition) is 4. The van der Waals surface area contributed by atoms with Crippen molar-refractivity contribution in [2.24, 2.45) is 0 Å². The van der Waals surface area contributed by atoms with Crippen LogP contribution in [0.5, 0.6) is 0 Å². The van der Waals surface area contributed by atoms with Crippen molar-refractivity contribution in [3.05, 3.63) is 64.3 Å². The summed E-state index contributed by atoms with van der Waals surface area (Å²) in [6.07, 6.45) is 1.53. The predicted octanol–water partition coefficient (Wildman–Crippen LogP) is 3.16. The van der Waals surface area contributed by atoms with Crippen LogP contribution in [-0.2, 0) is 0 Å². The number of aromatic nitrogens is 1. The topological polar surface area (TPSA) is 68.1 Å². The maximum Gasteiger partial charge on any atom is 0.311 e. The Morgan fingerprint density at radius 2 is 1.94 bits per heavy atom. The highest BCUT2D eigenvalue weighted by atomic mass is 16.6. The molecule has 0 aliphatic carbocycles. The van der Waals surface area contributed by atoms with Crippen LogP contribution in [0.15, 0.2) is 48.7 Å². The van der Waals surface area contributed by atoms with Crippen LogP contribution in [0.3, 0.4) is 0 Å². The van der Waals surface area contributed by atoms with Gasteiger partial charge in [0.25, 0.3) is 0 Å². The predicted molar refractivity (Wildman–Crippen MR) is 69.4 cm³/mol. The maximum atomic E-state index is 10.9. The molecule has 0 fully saturated rings. The second-order valence-corrected chi connectivity index (χ2v) is 3.90. The second-order valence-electron chi connectivity index (χ2n) is 3.90. The maximum absolute atomic E-state index is 10.9. The zero-order chi connectivity index (χ0) is 13.0. The monoisotopic (exact) mass is 243 g/mol. The fourth-order valence-corrected chi connectivity index (χ4v) is 1.69. The molecule has 92 valence electrons. The molecule has 1 aromatic carbocycles. The lowest BCUT2D eigenvalue weighted by atomic mass is 10.1. The fourth-order valence-electron chi connectivity index (χ4n) is 1.69. The van der Waals surface area contributed by atoms with Crippen LogP contribution in [0, 0.1) is 10.1 Å². The first-order valence-corrected chi connectivity index (χ1v) is 5.59. The minimum Gasteiger partial charge on any atom is -0.358 e. The Morgan fingerprint density at radius 3 is 2.61 bits per heavy atom. The van der Waals surface area contributed by atoms with Crippen molar-refractivity contribution in [1.29, 1.82) is 0 Å². The molecule has 2 rings (SSSR count). The highest BCUT2D eigenvalue weighted by Gasteiger charge is 2.16. The fraction of sp³-hybridized carbons (Fsp3) is 0.154. The van der Waals surface area contributed by atoms with E-state index in [1.807, 2.05) is 37.3 Å². The first kappa shape index (κ1) is 12.0. The van der Waals surface area contributed by atoms with Gasteiger partial charge in [-0.05, 0) is 18.6 Å². The molecule has 2 aromatic rings. The van der Waals surface area contributed by atoms with E-state index in [1.165, 1.54) is 12.3 Å². The van der Waals surface area contributed by atoms with Gasteiger partial charge in [-0.15, -0.1) is 0 Å². The van der Waals surface area contributed by atoms with Gasteiger partial charge in [-0.1, -0.05) is 30.3 Å². The van der Waals surface area contributed by atoms with Gasteiger partial charge in [0.15, 0.2) is 0 Å². The van der Waals surface area contributed by atoms with Crippen LogP contribution < -0.4 is 5.32 Å². The lowest BCUT2D eigenvalue weighted by Gasteiger charge is -2.14. The molecule has 5 nitrogen and oxygen atoms in total. The summed E-state index contributed by atoms with van der Waals surface area (Å²) >= 11 is 0. The van der Waals surface area contributed by atoms with E-state index >= 15 is 0 Å². The van der Waals surface area contributed by atoms with Gasteiger partial charge in [0.05, 0.1) is 11.0 Å². The van der Waals surface area contributed by atoms with E-state index in [0.717, 1.165) is 5.56 Å². The van der Waals surface area contributed by atoms with E-state index in [-0.39, 0.29) is 11.7 Å². The van der Waals surface area contributed by atoms with Gasteiger partial charge in [-0.3, -0.25) is 10.1 Å². The molecule has 0 bridgehead atoms. The molecule has 18 heavy (non-hydrogen) atoms. The lowest BCUT2D eigenvalue weighted by Crippen LogP contribution is -2.09. The van der Waals surface area contributed by atoms with Gasteiger partial charge >= 0.3 is 5.69 Å². The van der Waals surface area contributed by atoms with Crippen molar-refractivity contribution >= 4 is 11.5 Å². The van der Waals surface area contributed by atoms with Crippen LogP contribution in [0.2, 0.25) is 0 Å². The third-order valence-electron chi connectivity index (χ3n) is 2.64. The van der Waals surface area contributed by atoms with Gasteiger partial charge in [0.2, 0.25) is 5.82 Å². The zero-order valence-electron chi connectivity index (χ0n) is 9.91. The standard InChI is InChI=1S/C13H13N3O2/c1-10(11-6-3-2-4-7-11)15-13-12(16(17)18)8-5-9-14-13/h2-10H,1H3,(H,14,15). The van der Waals surface area contributed by atoms with E-state index in [0.29, 0.717) is 5.82 Å². The van der Waals surface area contributed by atoms with E-state index < -0.39 is 4.92 Å². The minimum absolute atomic E-state index is 0.0136. The number of benzene rings is 1. The third kappa shape index (κ3) is 2.63. The molecule has 1 unspecified atom stereocenters. The molecule has 0 aliphatic rings. The van der Waals surface area contributed by atoms with Gasteiger partial charge in [-0.2, -0.15) is 0 Å². The zero-order valence-corrected chi connectivity index (χ0v) is 9.91. The van der Waals surface area contributed by atoms with E-state index in [2.05, 4.69) is 10.3 Å². The first-order chi connectivity index (χ1) is 8.68. The number of nitrogens with zero attached hydrogens (tertiary/aromatic N) is 2. The molecule has 0 radical (unpaired) electrons. The summed E-state index contributed by atoms with van der Waals surface area (Å²) in [4.78, 5) is 14.4. The molecule has 0 spiro atoms. The number of nitro groups is 1. The van der Waals surface area contributed by atoms with Gasteiger partial charge < -0.3 is 5.32 Å². The van der Waals surface area contributed by atoms with Crippen molar-refractivity contribution in [3.8, 4) is 0 Å². The summed E-state index contributed by atoms with van der Waals surface area (Å²) in [7, 11) is 0.